The number of ether oxygens (including phenoxy) is 1. The summed E-state index contributed by atoms with van der Waals surface area (Å²) in [6, 6.07) is 14.5. The zero-order valence-electron chi connectivity index (χ0n) is 9.16. The molecule has 16 heavy (non-hydrogen) atoms. The number of methoxy groups -OCH3 is 1. The molecular formula is C15H12O. The van der Waals surface area contributed by atoms with Crippen LogP contribution in [0.1, 0.15) is 11.1 Å². The van der Waals surface area contributed by atoms with Crippen LogP contribution in [0.25, 0.3) is 16.7 Å². The fourth-order valence-electron chi connectivity index (χ4n) is 2.26. The standard InChI is InChI=1S/C15H12O/c1-10-12-5-3-4-6-13(12)14-8-7-11(16-2)9-15(10)14/h3-9H,1H2,2H3. The second-order valence-corrected chi connectivity index (χ2v) is 3.94. The Morgan fingerprint density at radius 2 is 1.56 bits per heavy atom. The maximum atomic E-state index is 5.25. The predicted molar refractivity (Wildman–Crippen MR) is 66.6 cm³/mol. The number of fused-ring (bicyclic) bond motifs is 3. The van der Waals surface area contributed by atoms with Crippen molar-refractivity contribution in [1.29, 1.82) is 0 Å². The van der Waals surface area contributed by atoms with Crippen molar-refractivity contribution in [3.63, 3.8) is 0 Å². The van der Waals surface area contributed by atoms with Crippen LogP contribution in [-0.4, -0.2) is 7.11 Å². The molecule has 0 spiro atoms. The van der Waals surface area contributed by atoms with E-state index < -0.39 is 0 Å². The summed E-state index contributed by atoms with van der Waals surface area (Å²) in [4.78, 5) is 0. The molecular weight excluding hydrogens is 196 g/mol. The molecule has 0 unspecified atom stereocenters. The van der Waals surface area contributed by atoms with Crippen molar-refractivity contribution in [2.45, 2.75) is 0 Å². The maximum absolute atomic E-state index is 5.25. The summed E-state index contributed by atoms with van der Waals surface area (Å²) in [5, 5.41) is 0. The van der Waals surface area contributed by atoms with E-state index in [1.165, 1.54) is 22.3 Å². The minimum absolute atomic E-state index is 0.882. The summed E-state index contributed by atoms with van der Waals surface area (Å²) in [6.07, 6.45) is 0. The van der Waals surface area contributed by atoms with Crippen molar-refractivity contribution in [2.75, 3.05) is 7.11 Å². The van der Waals surface area contributed by atoms with Crippen LogP contribution in [0.5, 0.6) is 5.75 Å². The van der Waals surface area contributed by atoms with E-state index in [-0.39, 0.29) is 0 Å². The van der Waals surface area contributed by atoms with Crippen LogP contribution >= 0.6 is 0 Å². The molecule has 0 atom stereocenters. The Balaban J connectivity index is 2.29. The average Bonchev–Trinajstić information content (AvgIpc) is 2.64. The molecule has 0 heterocycles. The van der Waals surface area contributed by atoms with E-state index in [1.807, 2.05) is 12.1 Å². The molecule has 0 aliphatic heterocycles. The zero-order chi connectivity index (χ0) is 11.1. The van der Waals surface area contributed by atoms with E-state index in [0.717, 1.165) is 11.3 Å². The summed E-state index contributed by atoms with van der Waals surface area (Å²) in [5.74, 6) is 0.882. The summed E-state index contributed by atoms with van der Waals surface area (Å²) < 4.78 is 5.25. The molecule has 0 radical (unpaired) electrons. The first-order valence-electron chi connectivity index (χ1n) is 5.28. The van der Waals surface area contributed by atoms with Crippen LogP contribution in [0.15, 0.2) is 49.0 Å². The molecule has 1 aliphatic carbocycles. The van der Waals surface area contributed by atoms with Gasteiger partial charge >= 0.3 is 0 Å². The first-order valence-corrected chi connectivity index (χ1v) is 5.28. The lowest BCUT2D eigenvalue weighted by Crippen LogP contribution is -1.84. The van der Waals surface area contributed by atoms with Gasteiger partial charge in [-0.2, -0.15) is 0 Å². The Bertz CT molecular complexity index is 582. The molecule has 0 N–H and O–H groups in total. The first kappa shape index (κ1) is 9.22. The van der Waals surface area contributed by atoms with E-state index in [4.69, 9.17) is 4.74 Å². The molecule has 3 rings (SSSR count). The topological polar surface area (TPSA) is 9.23 Å². The second kappa shape index (κ2) is 3.24. The summed E-state index contributed by atoms with van der Waals surface area (Å²) in [5.41, 5.74) is 6.02. The fraction of sp³-hybridized carbons (Fsp3) is 0.0667. The average molecular weight is 208 g/mol. The summed E-state index contributed by atoms with van der Waals surface area (Å²) in [6.45, 7) is 4.16. The number of benzene rings is 2. The van der Waals surface area contributed by atoms with Gasteiger partial charge in [-0.1, -0.05) is 36.9 Å². The zero-order valence-corrected chi connectivity index (χ0v) is 9.16. The third kappa shape index (κ3) is 1.12. The molecule has 2 aromatic rings. The molecule has 0 saturated carbocycles. The Hall–Kier alpha value is -2.02. The normalized spacial score (nSPS) is 12.2. The van der Waals surface area contributed by atoms with E-state index in [1.54, 1.807) is 7.11 Å². The molecule has 2 aromatic carbocycles. The minimum atomic E-state index is 0.882. The highest BCUT2D eigenvalue weighted by molar-refractivity contribution is 6.00. The van der Waals surface area contributed by atoms with Gasteiger partial charge in [0.2, 0.25) is 0 Å². The number of rotatable bonds is 1. The van der Waals surface area contributed by atoms with Gasteiger partial charge in [-0.25, -0.2) is 0 Å². The van der Waals surface area contributed by atoms with Gasteiger partial charge in [0.1, 0.15) is 5.75 Å². The van der Waals surface area contributed by atoms with Crippen LogP contribution in [0.2, 0.25) is 0 Å². The molecule has 0 aromatic heterocycles. The van der Waals surface area contributed by atoms with E-state index in [9.17, 15) is 0 Å². The Labute approximate surface area is 95.0 Å². The van der Waals surface area contributed by atoms with Gasteiger partial charge in [-0.05, 0) is 40.0 Å². The van der Waals surface area contributed by atoms with Gasteiger partial charge in [-0.15, -0.1) is 0 Å². The van der Waals surface area contributed by atoms with E-state index in [2.05, 4.69) is 36.9 Å². The van der Waals surface area contributed by atoms with E-state index in [0.29, 0.717) is 0 Å². The van der Waals surface area contributed by atoms with Gasteiger partial charge in [0.25, 0.3) is 0 Å². The second-order valence-electron chi connectivity index (χ2n) is 3.94. The summed E-state index contributed by atoms with van der Waals surface area (Å²) >= 11 is 0. The summed E-state index contributed by atoms with van der Waals surface area (Å²) in [7, 11) is 1.69. The van der Waals surface area contributed by atoms with Gasteiger partial charge < -0.3 is 4.74 Å². The minimum Gasteiger partial charge on any atom is -0.497 e. The SMILES string of the molecule is C=C1c2ccccc2-c2ccc(OC)cc21. The van der Waals surface area contributed by atoms with Crippen molar-refractivity contribution in [3.8, 4) is 16.9 Å². The Morgan fingerprint density at radius 1 is 0.875 bits per heavy atom. The third-order valence-corrected chi connectivity index (χ3v) is 3.09. The molecule has 1 aliphatic rings. The molecule has 0 amide bonds. The van der Waals surface area contributed by atoms with Crippen LogP contribution in [0.4, 0.5) is 0 Å². The number of hydrogen-bond donors (Lipinski definition) is 0. The van der Waals surface area contributed by atoms with Crippen LogP contribution < -0.4 is 4.74 Å². The van der Waals surface area contributed by atoms with E-state index >= 15 is 0 Å². The van der Waals surface area contributed by atoms with Gasteiger partial charge in [0.15, 0.2) is 0 Å². The third-order valence-electron chi connectivity index (χ3n) is 3.09. The largest absolute Gasteiger partial charge is 0.497 e. The predicted octanol–water partition coefficient (Wildman–Crippen LogP) is 3.74. The van der Waals surface area contributed by atoms with Crippen LogP contribution in [-0.2, 0) is 0 Å². The monoisotopic (exact) mass is 208 g/mol. The smallest absolute Gasteiger partial charge is 0.119 e. The molecule has 0 bridgehead atoms. The van der Waals surface area contributed by atoms with Crippen molar-refractivity contribution >= 4 is 5.57 Å². The Kier molecular flexibility index (Phi) is 1.87. The van der Waals surface area contributed by atoms with Crippen LogP contribution in [0.3, 0.4) is 0 Å². The maximum Gasteiger partial charge on any atom is 0.119 e. The Morgan fingerprint density at radius 3 is 2.31 bits per heavy atom. The van der Waals surface area contributed by atoms with Crippen molar-refractivity contribution in [3.05, 3.63) is 60.2 Å². The molecule has 0 saturated heterocycles. The van der Waals surface area contributed by atoms with Crippen molar-refractivity contribution < 1.29 is 4.74 Å². The van der Waals surface area contributed by atoms with Gasteiger partial charge in [0, 0.05) is 0 Å². The van der Waals surface area contributed by atoms with Gasteiger partial charge in [-0.3, -0.25) is 0 Å². The highest BCUT2D eigenvalue weighted by Crippen LogP contribution is 2.44. The fourth-order valence-corrected chi connectivity index (χ4v) is 2.26. The van der Waals surface area contributed by atoms with Gasteiger partial charge in [0.05, 0.1) is 7.11 Å². The molecule has 1 nitrogen and oxygen atoms in total. The molecule has 1 heteroatoms. The van der Waals surface area contributed by atoms with Crippen molar-refractivity contribution in [2.24, 2.45) is 0 Å². The molecule has 78 valence electrons. The molecule has 0 fully saturated rings. The lowest BCUT2D eigenvalue weighted by atomic mass is 10.1. The quantitative estimate of drug-likeness (QED) is 0.592. The van der Waals surface area contributed by atoms with Crippen molar-refractivity contribution in [1.82, 2.24) is 0 Å². The number of hydrogen-bond acceptors (Lipinski definition) is 1. The highest BCUT2D eigenvalue weighted by atomic mass is 16.5. The van der Waals surface area contributed by atoms with Crippen LogP contribution in [0, 0.1) is 0 Å². The highest BCUT2D eigenvalue weighted by Gasteiger charge is 2.21. The first-order chi connectivity index (χ1) is 7.81. The lowest BCUT2D eigenvalue weighted by Gasteiger charge is -2.04. The lowest BCUT2D eigenvalue weighted by molar-refractivity contribution is 0.415.